The van der Waals surface area contributed by atoms with Gasteiger partial charge in [0.25, 0.3) is 0 Å². The lowest BCUT2D eigenvalue weighted by molar-refractivity contribution is 0.571. The minimum atomic E-state index is -3.76. The molecular weight excluding hydrogens is 336 g/mol. The quantitative estimate of drug-likeness (QED) is 0.847. The van der Waals surface area contributed by atoms with E-state index >= 15 is 0 Å². The lowest BCUT2D eigenvalue weighted by Gasteiger charge is -2.18. The van der Waals surface area contributed by atoms with Crippen LogP contribution in [0, 0.1) is 6.92 Å². The fraction of sp³-hybridized carbons (Fsp3) is 0.267. The summed E-state index contributed by atoms with van der Waals surface area (Å²) < 4.78 is 50.8. The number of hydrogen-bond donors (Lipinski definition) is 1. The molecule has 0 aliphatic rings. The Morgan fingerprint density at radius 2 is 1.74 bits per heavy atom. The zero-order valence-electron chi connectivity index (χ0n) is 12.8. The van der Waals surface area contributed by atoms with Gasteiger partial charge in [-0.3, -0.25) is 4.98 Å². The predicted octanol–water partition coefficient (Wildman–Crippen LogP) is 1.45. The summed E-state index contributed by atoms with van der Waals surface area (Å²) in [4.78, 5) is 4.08. The van der Waals surface area contributed by atoms with Crippen LogP contribution in [0.15, 0.2) is 53.7 Å². The van der Waals surface area contributed by atoms with Crippen molar-refractivity contribution in [3.8, 4) is 0 Å². The molecule has 0 aliphatic carbocycles. The predicted molar refractivity (Wildman–Crippen MR) is 88.2 cm³/mol. The van der Waals surface area contributed by atoms with E-state index in [4.69, 9.17) is 0 Å². The third-order valence-electron chi connectivity index (χ3n) is 3.31. The molecule has 0 saturated carbocycles. The van der Waals surface area contributed by atoms with E-state index < -0.39 is 25.1 Å². The Kier molecular flexibility index (Phi) is 5.18. The average molecular weight is 354 g/mol. The van der Waals surface area contributed by atoms with Crippen LogP contribution in [-0.2, 0) is 19.9 Å². The molecular formula is C15H18N2O4S2. The molecule has 0 bridgehead atoms. The van der Waals surface area contributed by atoms with Crippen molar-refractivity contribution >= 4 is 19.9 Å². The molecule has 6 nitrogen and oxygen atoms in total. The van der Waals surface area contributed by atoms with Crippen LogP contribution in [0.25, 0.3) is 0 Å². The molecule has 23 heavy (non-hydrogen) atoms. The number of aromatic nitrogens is 1. The second-order valence-electron chi connectivity index (χ2n) is 5.25. The second-order valence-corrected chi connectivity index (χ2v) is 9.22. The first-order chi connectivity index (χ1) is 10.7. The molecule has 0 radical (unpaired) electrons. The van der Waals surface area contributed by atoms with Crippen LogP contribution in [0.5, 0.6) is 0 Å². The molecule has 2 rings (SSSR count). The van der Waals surface area contributed by atoms with E-state index in [-0.39, 0.29) is 11.4 Å². The van der Waals surface area contributed by atoms with Crippen molar-refractivity contribution < 1.29 is 16.8 Å². The maximum absolute atomic E-state index is 12.9. The van der Waals surface area contributed by atoms with E-state index in [1.54, 1.807) is 24.3 Å². The largest absolute Gasteiger partial charge is 0.264 e. The summed E-state index contributed by atoms with van der Waals surface area (Å²) in [5, 5.41) is -1.05. The van der Waals surface area contributed by atoms with Gasteiger partial charge in [0.1, 0.15) is 5.25 Å². The van der Waals surface area contributed by atoms with Gasteiger partial charge in [0.15, 0.2) is 9.84 Å². The Bertz CT molecular complexity index is 861. The monoisotopic (exact) mass is 354 g/mol. The molecule has 0 fully saturated rings. The van der Waals surface area contributed by atoms with Crippen molar-refractivity contribution in [2.24, 2.45) is 0 Å². The van der Waals surface area contributed by atoms with Crippen molar-refractivity contribution in [1.82, 2.24) is 9.71 Å². The lowest BCUT2D eigenvalue weighted by atomic mass is 10.2. The summed E-state index contributed by atoms with van der Waals surface area (Å²) in [5.74, 6) is 0. The SMILES string of the molecule is Cc1ccc(S(=O)(=O)[C@@H](CNS(C)(=O)=O)c2cccnc2)cc1. The summed E-state index contributed by atoms with van der Waals surface area (Å²) >= 11 is 0. The Hall–Kier alpha value is -1.77. The summed E-state index contributed by atoms with van der Waals surface area (Å²) in [5.41, 5.74) is 1.38. The highest BCUT2D eigenvalue weighted by atomic mass is 32.2. The number of pyridine rings is 1. The van der Waals surface area contributed by atoms with Crippen LogP contribution in [0.2, 0.25) is 0 Å². The summed E-state index contributed by atoms with van der Waals surface area (Å²) in [6, 6.07) is 9.69. The second kappa shape index (κ2) is 6.77. The number of aryl methyl sites for hydroxylation is 1. The third-order valence-corrected chi connectivity index (χ3v) is 6.12. The highest BCUT2D eigenvalue weighted by molar-refractivity contribution is 7.92. The van der Waals surface area contributed by atoms with Gasteiger partial charge in [-0.15, -0.1) is 0 Å². The molecule has 1 heterocycles. The van der Waals surface area contributed by atoms with E-state index in [0.717, 1.165) is 11.8 Å². The first-order valence-corrected chi connectivity index (χ1v) is 10.3. The first-order valence-electron chi connectivity index (χ1n) is 6.85. The number of rotatable bonds is 6. The molecule has 8 heteroatoms. The van der Waals surface area contributed by atoms with Gasteiger partial charge in [0, 0.05) is 18.9 Å². The molecule has 0 spiro atoms. The Morgan fingerprint density at radius 1 is 1.09 bits per heavy atom. The fourth-order valence-electron chi connectivity index (χ4n) is 2.09. The Labute approximate surface area is 136 Å². The number of sulfonamides is 1. The summed E-state index contributed by atoms with van der Waals surface area (Å²) in [7, 11) is -7.27. The number of nitrogens with zero attached hydrogens (tertiary/aromatic N) is 1. The highest BCUT2D eigenvalue weighted by Crippen LogP contribution is 2.28. The van der Waals surface area contributed by atoms with Crippen LogP contribution in [0.1, 0.15) is 16.4 Å². The van der Waals surface area contributed by atoms with E-state index in [2.05, 4.69) is 9.71 Å². The molecule has 0 aliphatic heterocycles. The Balaban J connectivity index is 2.45. The third kappa shape index (κ3) is 4.60. The minimum Gasteiger partial charge on any atom is -0.264 e. The van der Waals surface area contributed by atoms with Crippen LogP contribution in [0.4, 0.5) is 0 Å². The number of nitrogens with one attached hydrogen (secondary N) is 1. The molecule has 1 atom stereocenters. The van der Waals surface area contributed by atoms with Crippen molar-refractivity contribution in [2.45, 2.75) is 17.1 Å². The maximum atomic E-state index is 12.9. The summed E-state index contributed by atoms with van der Waals surface area (Å²) in [6.45, 7) is 1.61. The maximum Gasteiger partial charge on any atom is 0.208 e. The number of hydrogen-bond acceptors (Lipinski definition) is 5. The van der Waals surface area contributed by atoms with E-state index in [9.17, 15) is 16.8 Å². The smallest absolute Gasteiger partial charge is 0.208 e. The molecule has 2 aromatic rings. The normalized spacial score (nSPS) is 13.7. The van der Waals surface area contributed by atoms with E-state index in [1.807, 2.05) is 6.92 Å². The standard InChI is InChI=1S/C15H18N2O4S2/c1-12-5-7-14(8-6-12)23(20,21)15(11-17-22(2,18)19)13-4-3-9-16-10-13/h3-10,15,17H,11H2,1-2H3/t15-/m0/s1. The van der Waals surface area contributed by atoms with Gasteiger partial charge in [0.05, 0.1) is 11.2 Å². The molecule has 1 N–H and O–H groups in total. The van der Waals surface area contributed by atoms with Gasteiger partial charge in [-0.05, 0) is 30.7 Å². The van der Waals surface area contributed by atoms with Gasteiger partial charge < -0.3 is 0 Å². The molecule has 0 unspecified atom stereocenters. The van der Waals surface area contributed by atoms with Crippen LogP contribution < -0.4 is 4.72 Å². The Morgan fingerprint density at radius 3 is 2.26 bits per heavy atom. The van der Waals surface area contributed by atoms with Crippen molar-refractivity contribution in [1.29, 1.82) is 0 Å². The summed E-state index contributed by atoms with van der Waals surface area (Å²) in [6.07, 6.45) is 3.95. The van der Waals surface area contributed by atoms with E-state index in [1.165, 1.54) is 24.5 Å². The minimum absolute atomic E-state index is 0.146. The molecule has 124 valence electrons. The molecule has 1 aromatic heterocycles. The van der Waals surface area contributed by atoms with Crippen LogP contribution >= 0.6 is 0 Å². The number of benzene rings is 1. The van der Waals surface area contributed by atoms with Crippen molar-refractivity contribution in [3.05, 3.63) is 59.9 Å². The van der Waals surface area contributed by atoms with E-state index in [0.29, 0.717) is 5.56 Å². The van der Waals surface area contributed by atoms with Gasteiger partial charge in [0.2, 0.25) is 10.0 Å². The lowest BCUT2D eigenvalue weighted by Crippen LogP contribution is -2.31. The van der Waals surface area contributed by atoms with Crippen molar-refractivity contribution in [2.75, 3.05) is 12.8 Å². The number of sulfone groups is 1. The molecule has 0 amide bonds. The zero-order valence-corrected chi connectivity index (χ0v) is 14.4. The van der Waals surface area contributed by atoms with Crippen molar-refractivity contribution in [3.63, 3.8) is 0 Å². The fourth-order valence-corrected chi connectivity index (χ4v) is 4.31. The van der Waals surface area contributed by atoms with Crippen LogP contribution in [0.3, 0.4) is 0 Å². The van der Waals surface area contributed by atoms with Gasteiger partial charge in [-0.1, -0.05) is 23.8 Å². The topological polar surface area (TPSA) is 93.2 Å². The molecule has 0 saturated heterocycles. The van der Waals surface area contributed by atoms with Gasteiger partial charge in [-0.2, -0.15) is 0 Å². The zero-order chi connectivity index (χ0) is 17.1. The van der Waals surface area contributed by atoms with Crippen LogP contribution in [-0.4, -0.2) is 34.6 Å². The highest BCUT2D eigenvalue weighted by Gasteiger charge is 2.30. The van der Waals surface area contributed by atoms with Gasteiger partial charge in [-0.25, -0.2) is 21.6 Å². The first kappa shape index (κ1) is 17.6. The van der Waals surface area contributed by atoms with Gasteiger partial charge >= 0.3 is 0 Å². The molecule has 1 aromatic carbocycles. The average Bonchev–Trinajstić information content (AvgIpc) is 2.47.